The summed E-state index contributed by atoms with van der Waals surface area (Å²) in [5.74, 6) is 0.355. The minimum absolute atomic E-state index is 0.0581. The number of ether oxygens (including phenoxy) is 1. The van der Waals surface area contributed by atoms with Crippen molar-refractivity contribution in [3.63, 3.8) is 0 Å². The Balaban J connectivity index is 2.51. The summed E-state index contributed by atoms with van der Waals surface area (Å²) in [5, 5.41) is 18.4. The lowest BCUT2D eigenvalue weighted by molar-refractivity contribution is -0.132. The molecule has 1 heterocycles. The maximum absolute atomic E-state index is 12.1. The zero-order chi connectivity index (χ0) is 12.6. The van der Waals surface area contributed by atoms with Gasteiger partial charge in [-0.2, -0.15) is 0 Å². The quantitative estimate of drug-likeness (QED) is 0.801. The van der Waals surface area contributed by atoms with Gasteiger partial charge in [0, 0.05) is 12.6 Å². The smallest absolute Gasteiger partial charge is 0.270 e. The first-order chi connectivity index (χ1) is 7.95. The van der Waals surface area contributed by atoms with Gasteiger partial charge in [-0.1, -0.05) is 0 Å². The van der Waals surface area contributed by atoms with Gasteiger partial charge in [0.15, 0.2) is 5.60 Å². The van der Waals surface area contributed by atoms with E-state index in [4.69, 9.17) is 9.84 Å². The van der Waals surface area contributed by atoms with Crippen molar-refractivity contribution in [1.29, 1.82) is 0 Å². The number of aliphatic hydroxyl groups excluding tert-OH is 1. The van der Waals surface area contributed by atoms with Gasteiger partial charge in [0.1, 0.15) is 11.5 Å². The molecule has 0 saturated heterocycles. The van der Waals surface area contributed by atoms with Crippen molar-refractivity contribution in [3.05, 3.63) is 18.2 Å². The number of fused-ring (bicyclic) bond motifs is 1. The van der Waals surface area contributed by atoms with E-state index in [-0.39, 0.29) is 24.8 Å². The number of amides is 1. The summed E-state index contributed by atoms with van der Waals surface area (Å²) >= 11 is 0. The second kappa shape index (κ2) is 3.92. The molecule has 0 bridgehead atoms. The van der Waals surface area contributed by atoms with Crippen molar-refractivity contribution < 1.29 is 19.7 Å². The molecular formula is C12H15NO4. The van der Waals surface area contributed by atoms with Crippen LogP contribution in [-0.2, 0) is 4.79 Å². The molecule has 0 radical (unpaired) electrons. The Bertz CT molecular complexity index is 456. The summed E-state index contributed by atoms with van der Waals surface area (Å²) < 4.78 is 5.58. The molecule has 1 aromatic rings. The van der Waals surface area contributed by atoms with E-state index in [2.05, 4.69) is 0 Å². The maximum Gasteiger partial charge on any atom is 0.270 e. The molecule has 1 aromatic carbocycles. The maximum atomic E-state index is 12.1. The Hall–Kier alpha value is -1.75. The first kappa shape index (κ1) is 11.7. The predicted octanol–water partition coefficient (Wildman–Crippen LogP) is 0.888. The van der Waals surface area contributed by atoms with Gasteiger partial charge in [-0.25, -0.2) is 0 Å². The van der Waals surface area contributed by atoms with Crippen LogP contribution in [-0.4, -0.2) is 34.9 Å². The van der Waals surface area contributed by atoms with E-state index >= 15 is 0 Å². The normalized spacial score (nSPS) is 17.6. The predicted molar refractivity (Wildman–Crippen MR) is 62.3 cm³/mol. The molecule has 1 aliphatic rings. The van der Waals surface area contributed by atoms with E-state index < -0.39 is 5.60 Å². The Morgan fingerprint density at radius 1 is 1.41 bits per heavy atom. The van der Waals surface area contributed by atoms with E-state index in [0.29, 0.717) is 11.4 Å². The number of phenols is 1. The zero-order valence-electron chi connectivity index (χ0n) is 9.80. The van der Waals surface area contributed by atoms with Crippen LogP contribution in [0.4, 0.5) is 5.69 Å². The molecule has 1 amide bonds. The fraction of sp³-hybridized carbons (Fsp3) is 0.417. The van der Waals surface area contributed by atoms with Crippen LogP contribution in [0.15, 0.2) is 18.2 Å². The third-order valence-corrected chi connectivity index (χ3v) is 2.68. The van der Waals surface area contributed by atoms with E-state index in [1.165, 1.54) is 17.0 Å². The van der Waals surface area contributed by atoms with Gasteiger partial charge < -0.3 is 19.8 Å². The molecule has 17 heavy (non-hydrogen) atoms. The number of hydrogen-bond donors (Lipinski definition) is 2. The summed E-state index contributed by atoms with van der Waals surface area (Å²) in [5.41, 5.74) is -0.470. The highest BCUT2D eigenvalue weighted by molar-refractivity contribution is 6.02. The number of phenolic OH excluding ortho intramolecular Hbond substituents is 1. The van der Waals surface area contributed by atoms with Crippen LogP contribution >= 0.6 is 0 Å². The Labute approximate surface area is 99.2 Å². The molecule has 0 aromatic heterocycles. The van der Waals surface area contributed by atoms with Gasteiger partial charge in [0.2, 0.25) is 0 Å². The zero-order valence-corrected chi connectivity index (χ0v) is 9.80. The summed E-state index contributed by atoms with van der Waals surface area (Å²) in [7, 11) is 0. The lowest BCUT2D eigenvalue weighted by atomic mass is 10.0. The van der Waals surface area contributed by atoms with Crippen LogP contribution in [0.1, 0.15) is 13.8 Å². The molecule has 92 valence electrons. The van der Waals surface area contributed by atoms with Gasteiger partial charge in [-0.05, 0) is 26.0 Å². The molecule has 0 fully saturated rings. The second-order valence-electron chi connectivity index (χ2n) is 4.44. The number of β-amino-alcohol motifs (C(OH)–C–C–N with tert-alkyl or cyclic N) is 1. The van der Waals surface area contributed by atoms with Crippen LogP contribution in [0.5, 0.6) is 11.5 Å². The average molecular weight is 237 g/mol. The van der Waals surface area contributed by atoms with Gasteiger partial charge in [-0.3, -0.25) is 4.79 Å². The topological polar surface area (TPSA) is 70.0 Å². The number of carbonyl (C=O) groups excluding carboxylic acids is 1. The molecule has 0 unspecified atom stereocenters. The van der Waals surface area contributed by atoms with Crippen molar-refractivity contribution in [3.8, 4) is 11.5 Å². The third kappa shape index (κ3) is 1.93. The lowest BCUT2D eigenvalue weighted by Crippen LogP contribution is -2.53. The Morgan fingerprint density at radius 3 is 2.76 bits per heavy atom. The minimum Gasteiger partial charge on any atom is -0.508 e. The molecule has 5 heteroatoms. The summed E-state index contributed by atoms with van der Waals surface area (Å²) in [6.07, 6.45) is 0. The van der Waals surface area contributed by atoms with Crippen LogP contribution in [0.3, 0.4) is 0 Å². The van der Waals surface area contributed by atoms with Crippen LogP contribution in [0.2, 0.25) is 0 Å². The first-order valence-electron chi connectivity index (χ1n) is 5.40. The molecule has 1 aliphatic heterocycles. The van der Waals surface area contributed by atoms with Gasteiger partial charge in [-0.15, -0.1) is 0 Å². The van der Waals surface area contributed by atoms with E-state index in [0.717, 1.165) is 0 Å². The number of benzene rings is 1. The van der Waals surface area contributed by atoms with Crippen molar-refractivity contribution >= 4 is 11.6 Å². The molecule has 0 saturated carbocycles. The lowest BCUT2D eigenvalue weighted by Gasteiger charge is -2.38. The Morgan fingerprint density at radius 2 is 2.12 bits per heavy atom. The SMILES string of the molecule is CC1(C)Oc2ccc(O)cc2N(CCO)C1=O. The number of aliphatic hydroxyl groups is 1. The van der Waals surface area contributed by atoms with Gasteiger partial charge >= 0.3 is 0 Å². The van der Waals surface area contributed by atoms with Gasteiger partial charge in [0.25, 0.3) is 5.91 Å². The number of rotatable bonds is 2. The van der Waals surface area contributed by atoms with Crippen molar-refractivity contribution in [2.24, 2.45) is 0 Å². The van der Waals surface area contributed by atoms with Crippen molar-refractivity contribution in [2.45, 2.75) is 19.4 Å². The van der Waals surface area contributed by atoms with E-state index in [1.807, 2.05) is 0 Å². The highest BCUT2D eigenvalue weighted by Crippen LogP contribution is 2.39. The number of nitrogens with zero attached hydrogens (tertiary/aromatic N) is 1. The van der Waals surface area contributed by atoms with E-state index in [9.17, 15) is 9.90 Å². The molecule has 0 atom stereocenters. The molecule has 2 rings (SSSR count). The average Bonchev–Trinajstić information content (AvgIpc) is 2.26. The van der Waals surface area contributed by atoms with Crippen molar-refractivity contribution in [1.82, 2.24) is 0 Å². The fourth-order valence-electron chi connectivity index (χ4n) is 1.88. The standard InChI is InChI=1S/C12H15NO4/c1-12(2)11(16)13(5-6-14)9-7-8(15)3-4-10(9)17-12/h3-4,7,14-15H,5-6H2,1-2H3. The molecule has 0 aliphatic carbocycles. The molecule has 2 N–H and O–H groups in total. The fourth-order valence-corrected chi connectivity index (χ4v) is 1.88. The molecular weight excluding hydrogens is 222 g/mol. The van der Waals surface area contributed by atoms with Crippen LogP contribution in [0, 0.1) is 0 Å². The highest BCUT2D eigenvalue weighted by atomic mass is 16.5. The number of carbonyl (C=O) groups is 1. The Kier molecular flexibility index (Phi) is 2.71. The largest absolute Gasteiger partial charge is 0.508 e. The minimum atomic E-state index is -0.959. The van der Waals surface area contributed by atoms with Crippen LogP contribution < -0.4 is 9.64 Å². The molecule has 0 spiro atoms. The van der Waals surface area contributed by atoms with Crippen molar-refractivity contribution in [2.75, 3.05) is 18.1 Å². The highest BCUT2D eigenvalue weighted by Gasteiger charge is 2.40. The van der Waals surface area contributed by atoms with Gasteiger partial charge in [0.05, 0.1) is 12.3 Å². The summed E-state index contributed by atoms with van der Waals surface area (Å²) in [6.45, 7) is 3.39. The second-order valence-corrected chi connectivity index (χ2v) is 4.44. The summed E-state index contributed by atoms with van der Waals surface area (Å²) in [6, 6.07) is 4.57. The summed E-state index contributed by atoms with van der Waals surface area (Å²) in [4.78, 5) is 13.5. The number of aromatic hydroxyl groups is 1. The first-order valence-corrected chi connectivity index (χ1v) is 5.40. The number of anilines is 1. The van der Waals surface area contributed by atoms with Crippen LogP contribution in [0.25, 0.3) is 0 Å². The third-order valence-electron chi connectivity index (χ3n) is 2.68. The van der Waals surface area contributed by atoms with E-state index in [1.54, 1.807) is 19.9 Å². The monoisotopic (exact) mass is 237 g/mol. The molecule has 5 nitrogen and oxygen atoms in total. The number of hydrogen-bond acceptors (Lipinski definition) is 4.